The second-order valence-electron chi connectivity index (χ2n) is 9.85. The molecule has 39 heavy (non-hydrogen) atoms. The average molecular weight is 577 g/mol. The first kappa shape index (κ1) is 28.4. The summed E-state index contributed by atoms with van der Waals surface area (Å²) in [5, 5.41) is 32.3. The minimum absolute atomic E-state index is 0.0274. The van der Waals surface area contributed by atoms with Gasteiger partial charge in [-0.15, -0.1) is 16.9 Å². The van der Waals surface area contributed by atoms with E-state index in [-0.39, 0.29) is 23.6 Å². The zero-order valence-corrected chi connectivity index (χ0v) is 23.0. The fourth-order valence-electron chi connectivity index (χ4n) is 4.01. The molecule has 2 unspecified atom stereocenters. The summed E-state index contributed by atoms with van der Waals surface area (Å²) in [7, 11) is 0. The summed E-state index contributed by atoms with van der Waals surface area (Å²) >= 11 is 2.52. The van der Waals surface area contributed by atoms with E-state index in [2.05, 4.69) is 20.7 Å². The quantitative estimate of drug-likeness (QED) is 0.161. The summed E-state index contributed by atoms with van der Waals surface area (Å²) in [5.74, 6) is -2.34. The van der Waals surface area contributed by atoms with Gasteiger partial charge in [0, 0.05) is 11.5 Å². The predicted octanol–water partition coefficient (Wildman–Crippen LogP) is 0.925. The average Bonchev–Trinajstić information content (AvgIpc) is 3.30. The molecular formula is C24H28N6O7S2. The molecule has 13 nitrogen and oxygen atoms in total. The molecule has 1 saturated heterocycles. The van der Waals surface area contributed by atoms with E-state index in [4.69, 9.17) is 10.5 Å². The van der Waals surface area contributed by atoms with Gasteiger partial charge in [-0.25, -0.2) is 4.79 Å². The van der Waals surface area contributed by atoms with Gasteiger partial charge in [-0.1, -0.05) is 23.9 Å². The first-order chi connectivity index (χ1) is 18.4. The number of phenols is 1. The molecule has 1 aromatic carbocycles. The molecule has 15 heteroatoms. The van der Waals surface area contributed by atoms with Crippen molar-refractivity contribution in [1.29, 1.82) is 0 Å². The number of ether oxygens (including phenoxy) is 1. The van der Waals surface area contributed by atoms with Crippen LogP contribution in [0.5, 0.6) is 5.75 Å². The first-order valence-corrected chi connectivity index (χ1v) is 13.9. The van der Waals surface area contributed by atoms with E-state index in [9.17, 15) is 29.4 Å². The number of β-lactam (4-membered cyclic amide) rings is 1. The van der Waals surface area contributed by atoms with Gasteiger partial charge in [-0.2, -0.15) is 10.3 Å². The summed E-state index contributed by atoms with van der Waals surface area (Å²) in [4.78, 5) is 51.2. The van der Waals surface area contributed by atoms with Gasteiger partial charge >= 0.3 is 11.9 Å². The number of hydrogen-bond acceptors (Lipinski definition) is 11. The molecule has 0 spiro atoms. The summed E-state index contributed by atoms with van der Waals surface area (Å²) in [6.45, 7) is 5.28. The molecule has 0 aliphatic carbocycles. The number of aromatic hydroxyl groups is 1. The van der Waals surface area contributed by atoms with Crippen molar-refractivity contribution in [2.75, 3.05) is 11.5 Å². The third-order valence-electron chi connectivity index (χ3n) is 5.78. The highest BCUT2D eigenvalue weighted by molar-refractivity contribution is 8.01. The number of aromatic nitrogens is 3. The van der Waals surface area contributed by atoms with Crippen LogP contribution in [0.4, 0.5) is 0 Å². The Kier molecular flexibility index (Phi) is 8.23. The number of phenolic OH excluding ortho intramolecular Hbond substituents is 1. The lowest BCUT2D eigenvalue weighted by Crippen LogP contribution is -2.71. The van der Waals surface area contributed by atoms with Crippen molar-refractivity contribution in [2.24, 2.45) is 5.73 Å². The highest BCUT2D eigenvalue weighted by atomic mass is 32.2. The predicted molar refractivity (Wildman–Crippen MR) is 141 cm³/mol. The number of aromatic amines is 1. The molecule has 1 aromatic heterocycles. The number of rotatable bonds is 9. The van der Waals surface area contributed by atoms with Crippen LogP contribution in [0.15, 0.2) is 40.6 Å². The van der Waals surface area contributed by atoms with Crippen molar-refractivity contribution in [2.45, 2.75) is 55.3 Å². The van der Waals surface area contributed by atoms with Gasteiger partial charge < -0.3 is 26.0 Å². The third kappa shape index (κ3) is 6.37. The van der Waals surface area contributed by atoms with Crippen LogP contribution in [0, 0.1) is 0 Å². The summed E-state index contributed by atoms with van der Waals surface area (Å²) in [5.41, 5.74) is 6.55. The Labute approximate surface area is 231 Å². The van der Waals surface area contributed by atoms with Crippen LogP contribution in [0.1, 0.15) is 38.1 Å². The molecule has 2 aromatic rings. The maximum atomic E-state index is 13.0. The molecule has 0 saturated carbocycles. The van der Waals surface area contributed by atoms with Gasteiger partial charge in [0.1, 0.15) is 45.2 Å². The van der Waals surface area contributed by atoms with Crippen LogP contribution in [0.2, 0.25) is 0 Å². The maximum absolute atomic E-state index is 13.0. The Morgan fingerprint density at radius 2 is 1.97 bits per heavy atom. The van der Waals surface area contributed by atoms with Crippen molar-refractivity contribution in [3.05, 3.63) is 46.8 Å². The number of nitrogens with zero attached hydrogens (tertiary/aromatic N) is 3. The Balaban J connectivity index is 1.41. The lowest BCUT2D eigenvalue weighted by atomic mass is 10.0. The van der Waals surface area contributed by atoms with Crippen LogP contribution in [-0.4, -0.2) is 82.8 Å². The number of nitrogens with one attached hydrogen (secondary N) is 2. The van der Waals surface area contributed by atoms with Gasteiger partial charge in [-0.05, 0) is 44.0 Å². The van der Waals surface area contributed by atoms with E-state index < -0.39 is 46.8 Å². The van der Waals surface area contributed by atoms with Gasteiger partial charge in [-0.3, -0.25) is 19.3 Å². The van der Waals surface area contributed by atoms with E-state index >= 15 is 0 Å². The number of fused-ring (bicyclic) bond motifs is 1. The number of thioether (sulfide) groups is 2. The van der Waals surface area contributed by atoms with Gasteiger partial charge in [0.25, 0.3) is 5.91 Å². The zero-order chi connectivity index (χ0) is 28.5. The number of carbonyl (C=O) groups excluding carboxylic acids is 3. The molecule has 0 radical (unpaired) electrons. The highest BCUT2D eigenvalue weighted by Crippen LogP contribution is 2.41. The summed E-state index contributed by atoms with van der Waals surface area (Å²) in [6, 6.07) is 3.82. The van der Waals surface area contributed by atoms with Crippen molar-refractivity contribution >= 4 is 47.3 Å². The van der Waals surface area contributed by atoms with Gasteiger partial charge in [0.05, 0.1) is 6.42 Å². The number of aliphatic carboxylic acids is 1. The molecule has 4 rings (SSSR count). The van der Waals surface area contributed by atoms with Crippen LogP contribution >= 0.6 is 23.5 Å². The molecule has 1 fully saturated rings. The minimum atomic E-state index is -1.26. The first-order valence-electron chi connectivity index (χ1n) is 11.8. The van der Waals surface area contributed by atoms with Gasteiger partial charge in [0.15, 0.2) is 0 Å². The number of H-pyrrole nitrogens is 1. The number of carbonyl (C=O) groups is 4. The van der Waals surface area contributed by atoms with Gasteiger partial charge in [0.2, 0.25) is 5.91 Å². The Morgan fingerprint density at radius 3 is 2.62 bits per heavy atom. The SMILES string of the molecule is CC(C)(C)OC(=O)Cc1n[nH]nc1SCC1=C(C(=O)O)N2C(=O)C(NC(=O)C(N)c3ccc(O)cc3)[C@@H]2SC1. The fourth-order valence-corrected chi connectivity index (χ4v) is 6.43. The molecule has 2 amide bonds. The lowest BCUT2D eigenvalue weighted by Gasteiger charge is -2.49. The smallest absolute Gasteiger partial charge is 0.352 e. The Hall–Kier alpha value is -3.56. The number of benzene rings is 1. The lowest BCUT2D eigenvalue weighted by molar-refractivity contribution is -0.154. The van der Waals surface area contributed by atoms with E-state index in [0.29, 0.717) is 27.6 Å². The van der Waals surface area contributed by atoms with Crippen LogP contribution in [0.3, 0.4) is 0 Å². The Bertz CT molecular complexity index is 1320. The molecule has 3 atom stereocenters. The van der Waals surface area contributed by atoms with E-state index in [1.165, 1.54) is 52.7 Å². The number of esters is 1. The minimum Gasteiger partial charge on any atom is -0.508 e. The largest absolute Gasteiger partial charge is 0.508 e. The second-order valence-corrected chi connectivity index (χ2v) is 11.9. The van der Waals surface area contributed by atoms with E-state index in [1.54, 1.807) is 20.8 Å². The van der Waals surface area contributed by atoms with Crippen molar-refractivity contribution in [3.8, 4) is 5.75 Å². The molecule has 3 heterocycles. The Morgan fingerprint density at radius 1 is 1.28 bits per heavy atom. The number of amides is 2. The van der Waals surface area contributed by atoms with Crippen LogP contribution in [-0.2, 0) is 30.3 Å². The zero-order valence-electron chi connectivity index (χ0n) is 21.3. The molecule has 6 N–H and O–H groups in total. The molecule has 2 aliphatic heterocycles. The summed E-state index contributed by atoms with van der Waals surface area (Å²) < 4.78 is 5.32. The van der Waals surface area contributed by atoms with Crippen LogP contribution < -0.4 is 11.1 Å². The van der Waals surface area contributed by atoms with Crippen LogP contribution in [0.25, 0.3) is 0 Å². The number of hydrogen-bond donors (Lipinski definition) is 5. The number of carboxylic acids is 1. The van der Waals surface area contributed by atoms with Crippen molar-refractivity contribution in [3.63, 3.8) is 0 Å². The van der Waals surface area contributed by atoms with E-state index in [1.807, 2.05) is 0 Å². The molecule has 0 bridgehead atoms. The maximum Gasteiger partial charge on any atom is 0.352 e. The highest BCUT2D eigenvalue weighted by Gasteiger charge is 2.54. The number of carboxylic acid groups (broad SMARTS) is 1. The van der Waals surface area contributed by atoms with Crippen molar-refractivity contribution < 1.29 is 34.1 Å². The molecule has 208 valence electrons. The summed E-state index contributed by atoms with van der Waals surface area (Å²) in [6.07, 6.45) is -0.101. The fraction of sp³-hybridized carbons (Fsp3) is 0.417. The monoisotopic (exact) mass is 576 g/mol. The number of nitrogens with two attached hydrogens (primary N) is 1. The normalized spacial score (nSPS) is 19.7. The second kappa shape index (κ2) is 11.3. The van der Waals surface area contributed by atoms with E-state index in [0.717, 1.165) is 0 Å². The molecular weight excluding hydrogens is 548 g/mol. The standard InChI is InChI=1S/C24H28N6O7S2/c1-24(2,3)37-15(32)8-14-20(28-29-27-14)38-9-12-10-39-22-17(21(34)30(22)18(12)23(35)36)26-19(33)16(25)11-4-6-13(31)7-5-11/h4-7,16-17,22,31H,8-10,25H2,1-3H3,(H,26,33)(H,35,36)(H,27,28,29)/t16?,17?,22-/m0/s1. The molecule has 2 aliphatic rings. The van der Waals surface area contributed by atoms with Crippen molar-refractivity contribution in [1.82, 2.24) is 25.6 Å². The topological polar surface area (TPSA) is 201 Å². The third-order valence-corrected chi connectivity index (χ3v) is 8.21.